The molecule has 132 valence electrons. The maximum Gasteiger partial charge on any atom is 0.337 e. The van der Waals surface area contributed by atoms with E-state index < -0.39 is 21.9 Å². The van der Waals surface area contributed by atoms with Gasteiger partial charge in [0.1, 0.15) is 0 Å². The molecular weight excluding hydrogens is 412 g/mol. The smallest absolute Gasteiger partial charge is 0.337 e. The maximum atomic E-state index is 12.3. The van der Waals surface area contributed by atoms with Crippen LogP contribution in [-0.4, -0.2) is 43.8 Å². The maximum absolute atomic E-state index is 12.3. The molecule has 0 aliphatic carbocycles. The molecule has 0 fully saturated rings. The number of nitrogens with one attached hydrogen (secondary N) is 1. The monoisotopic (exact) mass is 426 g/mol. The quantitative estimate of drug-likeness (QED) is 0.764. The van der Waals surface area contributed by atoms with Crippen molar-refractivity contribution in [3.8, 4) is 0 Å². The van der Waals surface area contributed by atoms with Gasteiger partial charge in [0.05, 0.1) is 16.1 Å². The molecule has 2 rings (SSSR count). The molecule has 0 aliphatic heterocycles. The second-order valence-corrected chi connectivity index (χ2v) is 8.33. The van der Waals surface area contributed by atoms with Gasteiger partial charge in [0.2, 0.25) is 10.0 Å². The highest BCUT2D eigenvalue weighted by Gasteiger charge is 2.18. The molecule has 7 nitrogen and oxygen atoms in total. The Morgan fingerprint density at radius 2 is 1.68 bits per heavy atom. The van der Waals surface area contributed by atoms with Crippen molar-refractivity contribution in [1.29, 1.82) is 0 Å². The average molecular weight is 427 g/mol. The van der Waals surface area contributed by atoms with Crippen molar-refractivity contribution >= 4 is 43.5 Å². The van der Waals surface area contributed by atoms with Crippen LogP contribution >= 0.6 is 15.9 Å². The van der Waals surface area contributed by atoms with Gasteiger partial charge in [-0.2, -0.15) is 0 Å². The number of rotatable bonds is 5. The Hall–Kier alpha value is -2.23. The van der Waals surface area contributed by atoms with E-state index in [0.29, 0.717) is 4.47 Å². The summed E-state index contributed by atoms with van der Waals surface area (Å²) in [4.78, 5) is 23.6. The number of benzene rings is 2. The number of carbonyl (C=O) groups excluding carboxylic acids is 1. The molecule has 2 N–H and O–H groups in total. The Morgan fingerprint density at radius 3 is 2.20 bits per heavy atom. The van der Waals surface area contributed by atoms with Crippen molar-refractivity contribution < 1.29 is 23.1 Å². The summed E-state index contributed by atoms with van der Waals surface area (Å²) in [5.74, 6) is -1.72. The molecule has 0 unspecified atom stereocenters. The van der Waals surface area contributed by atoms with Gasteiger partial charge >= 0.3 is 5.97 Å². The van der Waals surface area contributed by atoms with Gasteiger partial charge in [0.15, 0.2) is 0 Å². The fourth-order valence-electron chi connectivity index (χ4n) is 1.99. The number of sulfonamides is 1. The van der Waals surface area contributed by atoms with Crippen LogP contribution in [0.25, 0.3) is 0 Å². The summed E-state index contributed by atoms with van der Waals surface area (Å²) in [6.45, 7) is 0. The van der Waals surface area contributed by atoms with Gasteiger partial charge in [-0.1, -0.05) is 15.9 Å². The fraction of sp³-hybridized carbons (Fsp3) is 0.125. The van der Waals surface area contributed by atoms with Crippen molar-refractivity contribution in [3.63, 3.8) is 0 Å². The van der Waals surface area contributed by atoms with Gasteiger partial charge in [0, 0.05) is 24.1 Å². The molecule has 0 saturated carbocycles. The van der Waals surface area contributed by atoms with Crippen molar-refractivity contribution in [2.75, 3.05) is 19.4 Å². The molecule has 0 atom stereocenters. The van der Waals surface area contributed by atoms with Crippen molar-refractivity contribution in [2.45, 2.75) is 4.90 Å². The van der Waals surface area contributed by atoms with E-state index in [0.717, 1.165) is 4.31 Å². The number of aromatic carboxylic acids is 1. The minimum Gasteiger partial charge on any atom is -0.478 e. The minimum atomic E-state index is -3.58. The Kier molecular flexibility index (Phi) is 5.61. The molecule has 0 aromatic heterocycles. The number of halogens is 1. The molecule has 0 radical (unpaired) electrons. The van der Waals surface area contributed by atoms with E-state index in [1.807, 2.05) is 0 Å². The van der Waals surface area contributed by atoms with Gasteiger partial charge in [-0.15, -0.1) is 0 Å². The van der Waals surface area contributed by atoms with Crippen LogP contribution in [0.1, 0.15) is 20.7 Å². The third kappa shape index (κ3) is 4.25. The first kappa shape index (κ1) is 19.1. The zero-order valence-corrected chi connectivity index (χ0v) is 15.8. The van der Waals surface area contributed by atoms with Crippen LogP contribution in [0.4, 0.5) is 5.69 Å². The highest BCUT2D eigenvalue weighted by Crippen LogP contribution is 2.22. The zero-order valence-electron chi connectivity index (χ0n) is 13.4. The second-order valence-electron chi connectivity index (χ2n) is 5.26. The van der Waals surface area contributed by atoms with Crippen LogP contribution in [-0.2, 0) is 10.0 Å². The Bertz CT molecular complexity index is 924. The number of carboxylic acids is 1. The number of hydrogen-bond donors (Lipinski definition) is 2. The lowest BCUT2D eigenvalue weighted by molar-refractivity contribution is 0.0698. The molecule has 0 spiro atoms. The second kappa shape index (κ2) is 7.34. The summed E-state index contributed by atoms with van der Waals surface area (Å²) in [6.07, 6.45) is 0. The number of nitrogens with zero attached hydrogens (tertiary/aromatic N) is 1. The van der Waals surface area contributed by atoms with Gasteiger partial charge in [-0.05, 0) is 42.5 Å². The van der Waals surface area contributed by atoms with E-state index in [2.05, 4.69) is 21.2 Å². The number of carboxylic acid groups (broad SMARTS) is 1. The predicted octanol–water partition coefficient (Wildman–Crippen LogP) is 2.65. The normalized spacial score (nSPS) is 11.4. The summed E-state index contributed by atoms with van der Waals surface area (Å²) in [5, 5.41) is 11.7. The zero-order chi connectivity index (χ0) is 18.8. The van der Waals surface area contributed by atoms with Crippen LogP contribution < -0.4 is 5.32 Å². The Balaban J connectivity index is 2.27. The Labute approximate surface area is 153 Å². The summed E-state index contributed by atoms with van der Waals surface area (Å²) < 4.78 is 25.7. The lowest BCUT2D eigenvalue weighted by Gasteiger charge is -2.12. The predicted molar refractivity (Wildman–Crippen MR) is 96.4 cm³/mol. The summed E-state index contributed by atoms with van der Waals surface area (Å²) in [7, 11) is -0.755. The molecule has 2 aromatic carbocycles. The fourth-order valence-corrected chi connectivity index (χ4v) is 3.25. The van der Waals surface area contributed by atoms with Crippen LogP contribution in [0.5, 0.6) is 0 Å². The molecule has 0 bridgehead atoms. The summed E-state index contributed by atoms with van der Waals surface area (Å²) >= 11 is 3.18. The van der Waals surface area contributed by atoms with Gasteiger partial charge in [-0.25, -0.2) is 17.5 Å². The lowest BCUT2D eigenvalue weighted by atomic mass is 10.1. The molecular formula is C16H15BrN2O5S. The summed E-state index contributed by atoms with van der Waals surface area (Å²) in [6, 6.07) is 9.83. The standard InChI is InChI=1S/C16H15BrN2O5S/c1-19(2)25(23,24)12-6-3-10(4-7-12)15(20)18-14-8-5-11(17)9-13(14)16(21)22/h3-9H,1-2H3,(H,18,20)(H,21,22). The highest BCUT2D eigenvalue weighted by atomic mass is 79.9. The van der Waals surface area contributed by atoms with E-state index in [-0.39, 0.29) is 21.7 Å². The van der Waals surface area contributed by atoms with E-state index in [9.17, 15) is 23.1 Å². The SMILES string of the molecule is CN(C)S(=O)(=O)c1ccc(C(=O)Nc2ccc(Br)cc2C(=O)O)cc1. The number of hydrogen-bond acceptors (Lipinski definition) is 4. The first-order valence-electron chi connectivity index (χ1n) is 6.99. The van der Waals surface area contributed by atoms with Crippen LogP contribution in [0.15, 0.2) is 51.8 Å². The van der Waals surface area contributed by atoms with Crippen molar-refractivity contribution in [2.24, 2.45) is 0 Å². The molecule has 0 heterocycles. The first-order valence-corrected chi connectivity index (χ1v) is 9.23. The van der Waals surface area contributed by atoms with Gasteiger partial charge in [-0.3, -0.25) is 4.79 Å². The molecule has 0 aliphatic rings. The average Bonchev–Trinajstić information content (AvgIpc) is 2.56. The van der Waals surface area contributed by atoms with E-state index in [1.54, 1.807) is 6.07 Å². The summed E-state index contributed by atoms with van der Waals surface area (Å²) in [5.41, 5.74) is 0.289. The molecule has 1 amide bonds. The first-order chi connectivity index (χ1) is 11.6. The van der Waals surface area contributed by atoms with E-state index in [4.69, 9.17) is 0 Å². The van der Waals surface area contributed by atoms with E-state index >= 15 is 0 Å². The Morgan fingerprint density at radius 1 is 1.08 bits per heavy atom. The largest absolute Gasteiger partial charge is 0.478 e. The molecule has 25 heavy (non-hydrogen) atoms. The third-order valence-electron chi connectivity index (χ3n) is 3.36. The van der Waals surface area contributed by atoms with Crippen LogP contribution in [0, 0.1) is 0 Å². The van der Waals surface area contributed by atoms with Crippen LogP contribution in [0.3, 0.4) is 0 Å². The third-order valence-corrected chi connectivity index (χ3v) is 5.68. The molecule has 9 heteroatoms. The number of amides is 1. The minimum absolute atomic E-state index is 0.0592. The van der Waals surface area contributed by atoms with Gasteiger partial charge < -0.3 is 10.4 Å². The lowest BCUT2D eigenvalue weighted by Crippen LogP contribution is -2.22. The van der Waals surface area contributed by atoms with E-state index in [1.165, 1.54) is 50.5 Å². The van der Waals surface area contributed by atoms with Crippen molar-refractivity contribution in [3.05, 3.63) is 58.1 Å². The molecule has 2 aromatic rings. The van der Waals surface area contributed by atoms with Gasteiger partial charge in [0.25, 0.3) is 5.91 Å². The van der Waals surface area contributed by atoms with Crippen LogP contribution in [0.2, 0.25) is 0 Å². The topological polar surface area (TPSA) is 104 Å². The van der Waals surface area contributed by atoms with Crippen molar-refractivity contribution in [1.82, 2.24) is 4.31 Å². The number of carbonyl (C=O) groups is 2. The highest BCUT2D eigenvalue weighted by molar-refractivity contribution is 9.10. The number of anilines is 1. The molecule has 0 saturated heterocycles.